The minimum absolute atomic E-state index is 0.727. The van der Waals surface area contributed by atoms with Crippen molar-refractivity contribution in [2.24, 2.45) is 10.9 Å². The Morgan fingerprint density at radius 2 is 2.19 bits per heavy atom. The second-order valence-corrected chi connectivity index (χ2v) is 8.83. The Balaban J connectivity index is 1.48. The van der Waals surface area contributed by atoms with Gasteiger partial charge in [0, 0.05) is 48.6 Å². The number of thiazole rings is 1. The molecule has 0 radical (unpaired) electrons. The van der Waals surface area contributed by atoms with E-state index < -0.39 is 0 Å². The summed E-state index contributed by atoms with van der Waals surface area (Å²) >= 11 is 3.73. The first-order chi connectivity index (χ1) is 13.3. The monoisotopic (exact) mass is 402 g/mol. The molecular formula is C21H30N4S2. The van der Waals surface area contributed by atoms with E-state index in [1.165, 1.54) is 27.8 Å². The van der Waals surface area contributed by atoms with Crippen LogP contribution in [0.1, 0.15) is 31.0 Å². The van der Waals surface area contributed by atoms with Crippen molar-refractivity contribution in [1.82, 2.24) is 15.2 Å². The molecule has 0 amide bonds. The highest BCUT2D eigenvalue weighted by Gasteiger charge is 2.24. The average molecular weight is 403 g/mol. The third-order valence-electron chi connectivity index (χ3n) is 4.68. The van der Waals surface area contributed by atoms with Gasteiger partial charge >= 0.3 is 0 Å². The van der Waals surface area contributed by atoms with Crippen LogP contribution in [-0.4, -0.2) is 47.8 Å². The van der Waals surface area contributed by atoms with Crippen molar-refractivity contribution >= 4 is 29.1 Å². The van der Waals surface area contributed by atoms with E-state index in [2.05, 4.69) is 64.8 Å². The highest BCUT2D eigenvalue weighted by Crippen LogP contribution is 2.25. The zero-order chi connectivity index (χ0) is 18.9. The predicted octanol–water partition coefficient (Wildman–Crippen LogP) is 4.33. The maximum atomic E-state index is 4.87. The summed E-state index contributed by atoms with van der Waals surface area (Å²) in [5.41, 5.74) is 1.18. The number of hydrogen-bond acceptors (Lipinski definition) is 4. The van der Waals surface area contributed by atoms with E-state index in [0.29, 0.717) is 0 Å². The van der Waals surface area contributed by atoms with Gasteiger partial charge in [-0.3, -0.25) is 4.99 Å². The molecule has 3 rings (SSSR count). The van der Waals surface area contributed by atoms with E-state index in [4.69, 9.17) is 4.99 Å². The smallest absolute Gasteiger partial charge is 0.193 e. The van der Waals surface area contributed by atoms with Crippen LogP contribution >= 0.6 is 23.1 Å². The Hall–Kier alpha value is -1.53. The number of rotatable bonds is 8. The molecular weight excluding hydrogens is 372 g/mol. The Morgan fingerprint density at radius 1 is 1.33 bits per heavy atom. The molecule has 0 bridgehead atoms. The zero-order valence-corrected chi connectivity index (χ0v) is 18.0. The lowest BCUT2D eigenvalue weighted by molar-refractivity contribution is 0.474. The molecule has 1 aliphatic rings. The lowest BCUT2D eigenvalue weighted by Crippen LogP contribution is -2.40. The number of benzene rings is 1. The van der Waals surface area contributed by atoms with Gasteiger partial charge in [-0.15, -0.1) is 23.1 Å². The van der Waals surface area contributed by atoms with Crippen molar-refractivity contribution in [3.05, 3.63) is 46.4 Å². The third-order valence-corrected chi connectivity index (χ3v) is 6.97. The first-order valence-electron chi connectivity index (χ1n) is 9.92. The Kier molecular flexibility index (Phi) is 8.02. The van der Waals surface area contributed by atoms with Crippen LogP contribution in [0.5, 0.6) is 0 Å². The van der Waals surface area contributed by atoms with E-state index in [1.54, 1.807) is 11.3 Å². The maximum absolute atomic E-state index is 4.87. The summed E-state index contributed by atoms with van der Waals surface area (Å²) in [5.74, 6) is 2.97. The molecule has 1 aliphatic heterocycles. The van der Waals surface area contributed by atoms with Crippen molar-refractivity contribution in [1.29, 1.82) is 0 Å². The Bertz CT molecular complexity index is 714. The van der Waals surface area contributed by atoms with Crippen LogP contribution in [0.3, 0.4) is 0 Å². The number of nitrogens with zero attached hydrogens (tertiary/aromatic N) is 3. The molecule has 4 nitrogen and oxygen atoms in total. The second kappa shape index (κ2) is 10.7. The number of aromatic nitrogens is 1. The van der Waals surface area contributed by atoms with Crippen molar-refractivity contribution in [2.45, 2.75) is 38.0 Å². The highest BCUT2D eigenvalue weighted by molar-refractivity contribution is 7.99. The first-order valence-corrected chi connectivity index (χ1v) is 11.8. The standard InChI is InChI=1S/C21H30N4S2/c1-3-20-24-18(16-27-20)10-12-23-21(22-4-2)25-13-11-17(14-25)15-26-19-8-6-5-7-9-19/h5-9,16-17H,3-4,10-15H2,1-2H3,(H,22,23). The number of nitrogens with one attached hydrogen (secondary N) is 1. The summed E-state index contributed by atoms with van der Waals surface area (Å²) in [6.45, 7) is 8.21. The van der Waals surface area contributed by atoms with Gasteiger partial charge in [0.15, 0.2) is 5.96 Å². The molecule has 1 atom stereocenters. The van der Waals surface area contributed by atoms with E-state index >= 15 is 0 Å². The summed E-state index contributed by atoms with van der Waals surface area (Å²) in [6.07, 6.45) is 3.19. The molecule has 1 unspecified atom stereocenters. The Morgan fingerprint density at radius 3 is 2.93 bits per heavy atom. The molecule has 0 aliphatic carbocycles. The molecule has 146 valence electrons. The molecule has 1 aromatic heterocycles. The topological polar surface area (TPSA) is 40.5 Å². The van der Waals surface area contributed by atoms with Crippen molar-refractivity contribution < 1.29 is 0 Å². The molecule has 1 fully saturated rings. The number of aliphatic imine (C=N–C) groups is 1. The highest BCUT2D eigenvalue weighted by atomic mass is 32.2. The number of guanidine groups is 1. The van der Waals surface area contributed by atoms with E-state index in [-0.39, 0.29) is 0 Å². The number of aryl methyl sites for hydroxylation is 1. The summed E-state index contributed by atoms with van der Waals surface area (Å²) in [6, 6.07) is 10.7. The van der Waals surface area contributed by atoms with Crippen LogP contribution in [0, 0.1) is 5.92 Å². The predicted molar refractivity (Wildman–Crippen MR) is 118 cm³/mol. The largest absolute Gasteiger partial charge is 0.357 e. The second-order valence-electron chi connectivity index (χ2n) is 6.80. The molecule has 0 spiro atoms. The maximum Gasteiger partial charge on any atom is 0.193 e. The van der Waals surface area contributed by atoms with E-state index in [1.807, 2.05) is 11.8 Å². The van der Waals surface area contributed by atoms with Crippen LogP contribution in [0.25, 0.3) is 0 Å². The van der Waals surface area contributed by atoms with Crippen molar-refractivity contribution in [3.8, 4) is 0 Å². The van der Waals surface area contributed by atoms with Crippen molar-refractivity contribution in [3.63, 3.8) is 0 Å². The summed E-state index contributed by atoms with van der Waals surface area (Å²) < 4.78 is 0. The number of thioether (sulfide) groups is 1. The first kappa shape index (κ1) is 20.2. The zero-order valence-electron chi connectivity index (χ0n) is 16.4. The number of hydrogen-bond donors (Lipinski definition) is 1. The van der Waals surface area contributed by atoms with Gasteiger partial charge in [0.05, 0.1) is 10.7 Å². The third kappa shape index (κ3) is 6.25. The van der Waals surface area contributed by atoms with Gasteiger partial charge < -0.3 is 10.2 Å². The van der Waals surface area contributed by atoms with Crippen molar-refractivity contribution in [2.75, 3.05) is 31.9 Å². The lowest BCUT2D eigenvalue weighted by atomic mass is 10.2. The normalized spacial score (nSPS) is 17.5. The molecule has 6 heteroatoms. The molecule has 2 aromatic rings. The van der Waals surface area contributed by atoms with Crippen LogP contribution in [0.2, 0.25) is 0 Å². The van der Waals surface area contributed by atoms with E-state index in [0.717, 1.165) is 50.9 Å². The van der Waals surface area contributed by atoms with Crippen LogP contribution in [0.15, 0.2) is 45.6 Å². The SMILES string of the molecule is CCNC(=NCCc1csc(CC)n1)N1CCC(CSc2ccccc2)C1. The molecule has 27 heavy (non-hydrogen) atoms. The van der Waals surface area contributed by atoms with Gasteiger partial charge in [-0.25, -0.2) is 4.98 Å². The van der Waals surface area contributed by atoms with Gasteiger partial charge in [-0.1, -0.05) is 25.1 Å². The quantitative estimate of drug-likeness (QED) is 0.405. The van der Waals surface area contributed by atoms with Crippen LogP contribution in [0.4, 0.5) is 0 Å². The van der Waals surface area contributed by atoms with Gasteiger partial charge in [0.1, 0.15) is 0 Å². The molecule has 2 heterocycles. The summed E-state index contributed by atoms with van der Waals surface area (Å²) in [4.78, 5) is 13.3. The fraction of sp³-hybridized carbons (Fsp3) is 0.524. The van der Waals surface area contributed by atoms with E-state index in [9.17, 15) is 0 Å². The minimum atomic E-state index is 0.727. The van der Waals surface area contributed by atoms with Gasteiger partial charge in [0.2, 0.25) is 0 Å². The van der Waals surface area contributed by atoms with Gasteiger partial charge in [-0.2, -0.15) is 0 Å². The summed E-state index contributed by atoms with van der Waals surface area (Å²) in [7, 11) is 0. The molecule has 1 aromatic carbocycles. The lowest BCUT2D eigenvalue weighted by Gasteiger charge is -2.21. The Labute approximate surface area is 171 Å². The van der Waals surface area contributed by atoms with Gasteiger partial charge in [-0.05, 0) is 37.8 Å². The van der Waals surface area contributed by atoms with Crippen LogP contribution in [-0.2, 0) is 12.8 Å². The fourth-order valence-electron chi connectivity index (χ4n) is 3.22. The molecule has 1 N–H and O–H groups in total. The molecule has 0 saturated carbocycles. The summed E-state index contributed by atoms with van der Waals surface area (Å²) in [5, 5.41) is 6.87. The number of likely N-dealkylation sites (tertiary alicyclic amines) is 1. The fourth-order valence-corrected chi connectivity index (χ4v) is 5.05. The minimum Gasteiger partial charge on any atom is -0.357 e. The molecule has 1 saturated heterocycles. The average Bonchev–Trinajstić information content (AvgIpc) is 3.36. The van der Waals surface area contributed by atoms with Crippen LogP contribution < -0.4 is 5.32 Å². The van der Waals surface area contributed by atoms with Gasteiger partial charge in [0.25, 0.3) is 0 Å².